The van der Waals surface area contributed by atoms with Crippen molar-refractivity contribution in [3.8, 4) is 0 Å². The average molecular weight is 276 g/mol. The first-order chi connectivity index (χ1) is 8.14. The van der Waals surface area contributed by atoms with Crippen LogP contribution in [0.1, 0.15) is 18.9 Å². The highest BCUT2D eigenvalue weighted by Gasteiger charge is 2.08. The van der Waals surface area contributed by atoms with Crippen molar-refractivity contribution in [2.24, 2.45) is 0 Å². The van der Waals surface area contributed by atoms with Gasteiger partial charge in [-0.3, -0.25) is 0 Å². The molecule has 0 spiro atoms. The molecule has 2 N–H and O–H groups in total. The van der Waals surface area contributed by atoms with E-state index in [1.165, 1.54) is 5.56 Å². The summed E-state index contributed by atoms with van der Waals surface area (Å²) >= 11 is 1.63. The molecular formula is C11H20N2O2S2. The molecule has 0 amide bonds. The summed E-state index contributed by atoms with van der Waals surface area (Å²) in [6, 6.07) is 2.02. The van der Waals surface area contributed by atoms with E-state index >= 15 is 0 Å². The third kappa shape index (κ3) is 6.78. The van der Waals surface area contributed by atoms with Gasteiger partial charge in [-0.25, -0.2) is 13.1 Å². The molecular weight excluding hydrogens is 256 g/mol. The van der Waals surface area contributed by atoms with Crippen LogP contribution in [0.4, 0.5) is 0 Å². The third-order valence-corrected chi connectivity index (χ3v) is 4.53. The highest BCUT2D eigenvalue weighted by molar-refractivity contribution is 7.89. The van der Waals surface area contributed by atoms with Crippen LogP contribution < -0.4 is 10.0 Å². The van der Waals surface area contributed by atoms with E-state index in [4.69, 9.17) is 0 Å². The van der Waals surface area contributed by atoms with Crippen LogP contribution in [0.3, 0.4) is 0 Å². The van der Waals surface area contributed by atoms with E-state index in [0.29, 0.717) is 13.0 Å². The van der Waals surface area contributed by atoms with Crippen LogP contribution in [0.5, 0.6) is 0 Å². The van der Waals surface area contributed by atoms with Gasteiger partial charge < -0.3 is 5.32 Å². The van der Waals surface area contributed by atoms with E-state index in [2.05, 4.69) is 10.0 Å². The fourth-order valence-corrected chi connectivity index (χ4v) is 3.21. The second kappa shape index (κ2) is 7.81. The maximum atomic E-state index is 11.6. The molecule has 0 bridgehead atoms. The van der Waals surface area contributed by atoms with Crippen molar-refractivity contribution in [3.05, 3.63) is 22.4 Å². The van der Waals surface area contributed by atoms with Crippen molar-refractivity contribution in [1.29, 1.82) is 0 Å². The highest BCUT2D eigenvalue weighted by Crippen LogP contribution is 2.05. The SMILES string of the molecule is CCNCCCS(=O)(=O)NCCc1ccsc1. The Kier molecular flexibility index (Phi) is 6.72. The van der Waals surface area contributed by atoms with E-state index in [9.17, 15) is 8.42 Å². The Morgan fingerprint density at radius 2 is 2.18 bits per heavy atom. The van der Waals surface area contributed by atoms with Gasteiger partial charge in [0.1, 0.15) is 0 Å². The lowest BCUT2D eigenvalue weighted by Gasteiger charge is -2.06. The minimum Gasteiger partial charge on any atom is -0.317 e. The Labute approximate surface area is 107 Å². The molecule has 1 heterocycles. The van der Waals surface area contributed by atoms with Gasteiger partial charge in [0.2, 0.25) is 10.0 Å². The lowest BCUT2D eigenvalue weighted by molar-refractivity contribution is 0.576. The number of nitrogens with one attached hydrogen (secondary N) is 2. The fraction of sp³-hybridized carbons (Fsp3) is 0.636. The highest BCUT2D eigenvalue weighted by atomic mass is 32.2. The van der Waals surface area contributed by atoms with E-state index in [1.807, 2.05) is 23.8 Å². The predicted octanol–water partition coefficient (Wildman–Crippen LogP) is 1.21. The molecule has 0 aromatic carbocycles. The summed E-state index contributed by atoms with van der Waals surface area (Å²) in [6.07, 6.45) is 1.41. The Balaban J connectivity index is 2.16. The average Bonchev–Trinajstić information content (AvgIpc) is 2.77. The molecule has 4 nitrogen and oxygen atoms in total. The van der Waals surface area contributed by atoms with Crippen LogP contribution in [-0.4, -0.2) is 33.8 Å². The van der Waals surface area contributed by atoms with E-state index in [-0.39, 0.29) is 5.75 Å². The van der Waals surface area contributed by atoms with Crippen LogP contribution in [0.25, 0.3) is 0 Å². The largest absolute Gasteiger partial charge is 0.317 e. The van der Waals surface area contributed by atoms with Gasteiger partial charge in [-0.15, -0.1) is 0 Å². The summed E-state index contributed by atoms with van der Waals surface area (Å²) in [5.74, 6) is 0.198. The summed E-state index contributed by atoms with van der Waals surface area (Å²) in [6.45, 7) is 4.13. The zero-order valence-corrected chi connectivity index (χ0v) is 11.7. The lowest BCUT2D eigenvalue weighted by atomic mass is 10.2. The normalized spacial score (nSPS) is 11.8. The third-order valence-electron chi connectivity index (χ3n) is 2.33. The quantitative estimate of drug-likeness (QED) is 0.667. The van der Waals surface area contributed by atoms with Crippen LogP contribution in [0.2, 0.25) is 0 Å². The minimum atomic E-state index is -3.10. The molecule has 0 radical (unpaired) electrons. The molecule has 0 atom stereocenters. The Hall–Kier alpha value is -0.430. The van der Waals surface area contributed by atoms with Crippen LogP contribution >= 0.6 is 11.3 Å². The van der Waals surface area contributed by atoms with Gasteiger partial charge in [-0.2, -0.15) is 11.3 Å². The number of sulfonamides is 1. The predicted molar refractivity (Wildman–Crippen MR) is 73.0 cm³/mol. The molecule has 0 fully saturated rings. The molecule has 0 saturated heterocycles. The second-order valence-electron chi connectivity index (χ2n) is 3.80. The van der Waals surface area contributed by atoms with Crippen molar-refractivity contribution in [2.75, 3.05) is 25.4 Å². The number of rotatable bonds is 9. The monoisotopic (exact) mass is 276 g/mol. The fourth-order valence-electron chi connectivity index (χ4n) is 1.42. The smallest absolute Gasteiger partial charge is 0.211 e. The summed E-state index contributed by atoms with van der Waals surface area (Å²) < 4.78 is 25.8. The standard InChI is InChI=1S/C11H20N2O2S2/c1-2-12-6-3-9-17(14,15)13-7-4-11-5-8-16-10-11/h5,8,10,12-13H,2-4,6-7,9H2,1H3. The molecule has 6 heteroatoms. The van der Waals surface area contributed by atoms with Crippen LogP contribution in [0.15, 0.2) is 16.8 Å². The Bertz CT molecular complexity index is 388. The maximum absolute atomic E-state index is 11.6. The summed E-state index contributed by atoms with van der Waals surface area (Å²) in [5.41, 5.74) is 1.19. The summed E-state index contributed by atoms with van der Waals surface area (Å²) in [7, 11) is -3.10. The van der Waals surface area contributed by atoms with Gasteiger partial charge in [0.05, 0.1) is 5.75 Å². The summed E-state index contributed by atoms with van der Waals surface area (Å²) in [5, 5.41) is 7.15. The lowest BCUT2D eigenvalue weighted by Crippen LogP contribution is -2.29. The topological polar surface area (TPSA) is 58.2 Å². The number of hydrogen-bond acceptors (Lipinski definition) is 4. The number of thiophene rings is 1. The van der Waals surface area contributed by atoms with Gasteiger partial charge >= 0.3 is 0 Å². The first-order valence-electron chi connectivity index (χ1n) is 5.83. The zero-order valence-electron chi connectivity index (χ0n) is 10.1. The summed E-state index contributed by atoms with van der Waals surface area (Å²) in [4.78, 5) is 0. The van der Waals surface area contributed by atoms with E-state index in [0.717, 1.165) is 19.5 Å². The Morgan fingerprint density at radius 3 is 2.82 bits per heavy atom. The van der Waals surface area contributed by atoms with Crippen molar-refractivity contribution >= 4 is 21.4 Å². The first kappa shape index (κ1) is 14.6. The minimum absolute atomic E-state index is 0.198. The van der Waals surface area contributed by atoms with Crippen molar-refractivity contribution < 1.29 is 8.42 Å². The molecule has 0 aliphatic carbocycles. The van der Waals surface area contributed by atoms with Crippen molar-refractivity contribution in [1.82, 2.24) is 10.0 Å². The molecule has 1 rings (SSSR count). The van der Waals surface area contributed by atoms with Gasteiger partial charge in [0.25, 0.3) is 0 Å². The van der Waals surface area contributed by atoms with Gasteiger partial charge in [0.15, 0.2) is 0 Å². The van der Waals surface area contributed by atoms with Crippen LogP contribution in [-0.2, 0) is 16.4 Å². The number of hydrogen-bond donors (Lipinski definition) is 2. The van der Waals surface area contributed by atoms with Gasteiger partial charge in [-0.1, -0.05) is 6.92 Å². The zero-order chi connectivity index (χ0) is 12.6. The van der Waals surface area contributed by atoms with Crippen molar-refractivity contribution in [3.63, 3.8) is 0 Å². The second-order valence-corrected chi connectivity index (χ2v) is 6.51. The van der Waals surface area contributed by atoms with E-state index < -0.39 is 10.0 Å². The first-order valence-corrected chi connectivity index (χ1v) is 8.42. The maximum Gasteiger partial charge on any atom is 0.211 e. The Morgan fingerprint density at radius 1 is 1.35 bits per heavy atom. The van der Waals surface area contributed by atoms with Gasteiger partial charge in [-0.05, 0) is 48.3 Å². The van der Waals surface area contributed by atoms with Gasteiger partial charge in [0, 0.05) is 6.54 Å². The molecule has 0 aliphatic rings. The molecule has 98 valence electrons. The van der Waals surface area contributed by atoms with Crippen LogP contribution in [0, 0.1) is 0 Å². The molecule has 1 aromatic rings. The molecule has 0 saturated carbocycles. The van der Waals surface area contributed by atoms with E-state index in [1.54, 1.807) is 11.3 Å². The molecule has 0 unspecified atom stereocenters. The molecule has 17 heavy (non-hydrogen) atoms. The molecule has 0 aliphatic heterocycles. The molecule has 1 aromatic heterocycles. The van der Waals surface area contributed by atoms with Crippen molar-refractivity contribution in [2.45, 2.75) is 19.8 Å².